The highest BCUT2D eigenvalue weighted by molar-refractivity contribution is 6.01. The minimum Gasteiger partial charge on any atom is -0.394 e. The van der Waals surface area contributed by atoms with Gasteiger partial charge in [-0.15, -0.1) is 0 Å². The Hall–Kier alpha value is -1.18. The number of imide groups is 1. The van der Waals surface area contributed by atoms with E-state index in [1.807, 2.05) is 6.92 Å². The number of hydrogen-bond acceptors (Lipinski definition) is 5. The quantitative estimate of drug-likeness (QED) is 0.607. The molecule has 2 heterocycles. The molecule has 7 nitrogen and oxygen atoms in total. The van der Waals surface area contributed by atoms with E-state index in [0.29, 0.717) is 19.6 Å². The van der Waals surface area contributed by atoms with Gasteiger partial charge in [0.1, 0.15) is 0 Å². The van der Waals surface area contributed by atoms with E-state index in [-0.39, 0.29) is 37.3 Å². The van der Waals surface area contributed by atoms with Gasteiger partial charge >= 0.3 is 6.03 Å². The first-order valence-corrected chi connectivity index (χ1v) is 6.17. The summed E-state index contributed by atoms with van der Waals surface area (Å²) in [5.41, 5.74) is 0. The minimum atomic E-state index is -0.319. The fraction of sp³-hybridized carbons (Fsp3) is 0.818. The lowest BCUT2D eigenvalue weighted by Crippen LogP contribution is -2.50. The molecule has 2 fully saturated rings. The molecule has 0 spiro atoms. The molecule has 0 aromatic rings. The van der Waals surface area contributed by atoms with Crippen molar-refractivity contribution in [3.8, 4) is 0 Å². The molecule has 2 unspecified atom stereocenters. The Labute approximate surface area is 106 Å². The lowest BCUT2D eigenvalue weighted by molar-refractivity contribution is -0.125. The summed E-state index contributed by atoms with van der Waals surface area (Å²) >= 11 is 0. The number of ether oxygens (including phenoxy) is 1. The summed E-state index contributed by atoms with van der Waals surface area (Å²) in [7, 11) is 0. The molecule has 2 atom stereocenters. The Balaban J connectivity index is 1.82. The summed E-state index contributed by atoms with van der Waals surface area (Å²) < 4.78 is 5.53. The Morgan fingerprint density at radius 1 is 1.39 bits per heavy atom. The van der Waals surface area contributed by atoms with Crippen LogP contribution in [0.4, 0.5) is 4.79 Å². The van der Waals surface area contributed by atoms with Gasteiger partial charge in [0.05, 0.1) is 25.4 Å². The Morgan fingerprint density at radius 2 is 2.17 bits per heavy atom. The summed E-state index contributed by atoms with van der Waals surface area (Å²) in [5, 5.41) is 11.6. The molecule has 2 saturated heterocycles. The highest BCUT2D eigenvalue weighted by Gasteiger charge is 2.30. The van der Waals surface area contributed by atoms with Gasteiger partial charge in [0.25, 0.3) is 0 Å². The van der Waals surface area contributed by atoms with Crippen LogP contribution < -0.4 is 5.32 Å². The molecule has 3 amide bonds. The second-order valence-corrected chi connectivity index (χ2v) is 4.71. The fourth-order valence-corrected chi connectivity index (χ4v) is 2.35. The van der Waals surface area contributed by atoms with E-state index in [1.165, 1.54) is 4.90 Å². The molecule has 2 aliphatic heterocycles. The third kappa shape index (κ3) is 2.98. The van der Waals surface area contributed by atoms with Crippen LogP contribution in [0.2, 0.25) is 0 Å². The maximum Gasteiger partial charge on any atom is 0.324 e. The van der Waals surface area contributed by atoms with Crippen molar-refractivity contribution < 1.29 is 19.4 Å². The molecule has 7 heteroatoms. The average molecular weight is 257 g/mol. The Bertz CT molecular complexity index is 320. The van der Waals surface area contributed by atoms with E-state index in [9.17, 15) is 9.59 Å². The van der Waals surface area contributed by atoms with Gasteiger partial charge in [0.15, 0.2) is 0 Å². The van der Waals surface area contributed by atoms with E-state index in [0.717, 1.165) is 6.54 Å². The smallest absolute Gasteiger partial charge is 0.324 e. The van der Waals surface area contributed by atoms with E-state index >= 15 is 0 Å². The normalized spacial score (nSPS) is 29.8. The van der Waals surface area contributed by atoms with Crippen LogP contribution in [0, 0.1) is 0 Å². The van der Waals surface area contributed by atoms with Gasteiger partial charge < -0.3 is 15.2 Å². The van der Waals surface area contributed by atoms with Crippen LogP contribution in [0.3, 0.4) is 0 Å². The van der Waals surface area contributed by atoms with E-state index in [2.05, 4.69) is 10.2 Å². The van der Waals surface area contributed by atoms with Gasteiger partial charge in [0.2, 0.25) is 5.91 Å². The second-order valence-electron chi connectivity index (χ2n) is 4.71. The Kier molecular flexibility index (Phi) is 4.15. The average Bonchev–Trinajstić information content (AvgIpc) is 2.66. The number of carbonyl (C=O) groups excluding carboxylic acids is 2. The maximum absolute atomic E-state index is 11.4. The predicted octanol–water partition coefficient (Wildman–Crippen LogP) is -1.38. The standard InChI is InChI=1S/C11H19N3O4/c1-8-5-13(6-9(7-15)18-8)2-3-14-10(16)4-12-11(14)17/h8-9,15H,2-7H2,1H3,(H,12,17). The molecule has 0 radical (unpaired) electrons. The highest BCUT2D eigenvalue weighted by Crippen LogP contribution is 2.11. The van der Waals surface area contributed by atoms with Crippen LogP contribution >= 0.6 is 0 Å². The monoisotopic (exact) mass is 257 g/mol. The predicted molar refractivity (Wildman–Crippen MR) is 63.0 cm³/mol. The third-order valence-electron chi connectivity index (χ3n) is 3.18. The molecule has 102 valence electrons. The molecule has 2 rings (SSSR count). The lowest BCUT2D eigenvalue weighted by atomic mass is 10.2. The van der Waals surface area contributed by atoms with Crippen LogP contribution in [-0.2, 0) is 9.53 Å². The van der Waals surface area contributed by atoms with Crippen molar-refractivity contribution >= 4 is 11.9 Å². The number of morpholine rings is 1. The fourth-order valence-electron chi connectivity index (χ4n) is 2.35. The number of amides is 3. The molecule has 0 aromatic carbocycles. The zero-order valence-corrected chi connectivity index (χ0v) is 10.5. The number of urea groups is 1. The van der Waals surface area contributed by atoms with Crippen molar-refractivity contribution in [3.05, 3.63) is 0 Å². The summed E-state index contributed by atoms with van der Waals surface area (Å²) in [5.74, 6) is -0.181. The maximum atomic E-state index is 11.4. The van der Waals surface area contributed by atoms with Crippen molar-refractivity contribution in [2.75, 3.05) is 39.3 Å². The SMILES string of the molecule is CC1CN(CCN2C(=O)CNC2=O)CC(CO)O1. The van der Waals surface area contributed by atoms with Crippen molar-refractivity contribution in [2.45, 2.75) is 19.1 Å². The summed E-state index contributed by atoms with van der Waals surface area (Å²) in [6, 6.07) is -0.319. The first-order valence-electron chi connectivity index (χ1n) is 6.17. The molecule has 2 aliphatic rings. The van der Waals surface area contributed by atoms with Crippen molar-refractivity contribution in [1.29, 1.82) is 0 Å². The van der Waals surface area contributed by atoms with Gasteiger partial charge in [-0.25, -0.2) is 4.79 Å². The first kappa shape index (κ1) is 13.3. The highest BCUT2D eigenvalue weighted by atomic mass is 16.5. The number of rotatable bonds is 4. The van der Waals surface area contributed by atoms with Gasteiger partial charge in [0, 0.05) is 26.2 Å². The van der Waals surface area contributed by atoms with E-state index in [4.69, 9.17) is 9.84 Å². The van der Waals surface area contributed by atoms with Crippen LogP contribution in [0.5, 0.6) is 0 Å². The van der Waals surface area contributed by atoms with Crippen molar-refractivity contribution in [1.82, 2.24) is 15.1 Å². The third-order valence-corrected chi connectivity index (χ3v) is 3.18. The van der Waals surface area contributed by atoms with Gasteiger partial charge in [-0.2, -0.15) is 0 Å². The zero-order valence-electron chi connectivity index (χ0n) is 10.5. The lowest BCUT2D eigenvalue weighted by Gasteiger charge is -2.36. The number of aliphatic hydroxyl groups is 1. The van der Waals surface area contributed by atoms with Crippen molar-refractivity contribution in [2.24, 2.45) is 0 Å². The summed E-state index contributed by atoms with van der Waals surface area (Å²) in [6.45, 7) is 4.41. The number of aliphatic hydroxyl groups excluding tert-OH is 1. The Morgan fingerprint density at radius 3 is 2.78 bits per heavy atom. The largest absolute Gasteiger partial charge is 0.394 e. The number of nitrogens with one attached hydrogen (secondary N) is 1. The van der Waals surface area contributed by atoms with E-state index in [1.54, 1.807) is 0 Å². The molecule has 0 bridgehead atoms. The summed E-state index contributed by atoms with van der Waals surface area (Å²) in [6.07, 6.45) is -0.129. The molecular weight excluding hydrogens is 238 g/mol. The molecule has 0 aromatic heterocycles. The first-order chi connectivity index (χ1) is 8.60. The molecule has 18 heavy (non-hydrogen) atoms. The van der Waals surface area contributed by atoms with Crippen LogP contribution in [0.15, 0.2) is 0 Å². The van der Waals surface area contributed by atoms with Gasteiger partial charge in [-0.1, -0.05) is 0 Å². The zero-order chi connectivity index (χ0) is 13.1. The van der Waals surface area contributed by atoms with Crippen molar-refractivity contribution in [3.63, 3.8) is 0 Å². The number of carbonyl (C=O) groups is 2. The van der Waals surface area contributed by atoms with Crippen LogP contribution in [0.1, 0.15) is 6.92 Å². The second kappa shape index (κ2) is 5.64. The molecule has 0 aliphatic carbocycles. The van der Waals surface area contributed by atoms with Crippen LogP contribution in [0.25, 0.3) is 0 Å². The van der Waals surface area contributed by atoms with Gasteiger partial charge in [-0.3, -0.25) is 14.6 Å². The van der Waals surface area contributed by atoms with Crippen LogP contribution in [-0.4, -0.2) is 78.4 Å². The topological polar surface area (TPSA) is 82.1 Å². The number of hydrogen-bond donors (Lipinski definition) is 2. The summed E-state index contributed by atoms with van der Waals surface area (Å²) in [4.78, 5) is 26.1. The molecule has 0 saturated carbocycles. The molecular formula is C11H19N3O4. The van der Waals surface area contributed by atoms with E-state index < -0.39 is 0 Å². The minimum absolute atomic E-state index is 0.00995. The number of nitrogens with zero attached hydrogens (tertiary/aromatic N) is 2. The van der Waals surface area contributed by atoms with Gasteiger partial charge in [-0.05, 0) is 6.92 Å². The molecule has 2 N–H and O–H groups in total.